The summed E-state index contributed by atoms with van der Waals surface area (Å²) in [7, 11) is -4.24. The Kier molecular flexibility index (Phi) is 6.33. The van der Waals surface area contributed by atoms with Crippen molar-refractivity contribution in [3.8, 4) is 17.2 Å². The third-order valence-electron chi connectivity index (χ3n) is 3.95. The lowest BCUT2D eigenvalue weighted by Crippen LogP contribution is -1.93. The highest BCUT2D eigenvalue weighted by Crippen LogP contribution is 2.43. The van der Waals surface area contributed by atoms with Gasteiger partial charge in [0.2, 0.25) is 0 Å². The number of ether oxygens (including phenoxy) is 1. The highest BCUT2D eigenvalue weighted by atomic mass is 35.5. The van der Waals surface area contributed by atoms with Gasteiger partial charge < -0.3 is 19.6 Å². The molecular weight excluding hydrogens is 422 g/mol. The Hall–Kier alpha value is -2.01. The van der Waals surface area contributed by atoms with E-state index in [2.05, 4.69) is 0 Å². The van der Waals surface area contributed by atoms with Crippen molar-refractivity contribution in [2.24, 2.45) is 0 Å². The highest BCUT2D eigenvalue weighted by molar-refractivity contribution is 7.50. The summed E-state index contributed by atoms with van der Waals surface area (Å²) < 4.78 is 17.0. The second kappa shape index (κ2) is 8.56. The SMILES string of the molecule is O=P(O)(O)Cc1cc(Cl)c(Oc2ccc(O)c(Cc3ccccc3)c2)c(Cl)c1. The van der Waals surface area contributed by atoms with Gasteiger partial charge in [0.1, 0.15) is 11.5 Å². The highest BCUT2D eigenvalue weighted by Gasteiger charge is 2.18. The first kappa shape index (κ1) is 20.7. The first-order valence-corrected chi connectivity index (χ1v) is 10.8. The fourth-order valence-corrected chi connectivity index (χ4v) is 4.01. The standard InChI is InChI=1S/C20H17Cl2O5P/c21-17-9-14(12-28(24,25)26)10-18(22)20(17)27-16-6-7-19(23)15(11-16)8-13-4-2-1-3-5-13/h1-7,9-11,23H,8,12H2,(H2,24,25,26). The number of benzene rings is 3. The third kappa shape index (κ3) is 5.51. The average molecular weight is 439 g/mol. The van der Waals surface area contributed by atoms with Gasteiger partial charge in [-0.2, -0.15) is 0 Å². The summed E-state index contributed by atoms with van der Waals surface area (Å²) in [6.07, 6.45) is 0.0553. The lowest BCUT2D eigenvalue weighted by atomic mass is 10.0. The Morgan fingerprint density at radius 1 is 0.893 bits per heavy atom. The molecule has 0 amide bonds. The van der Waals surface area contributed by atoms with Gasteiger partial charge in [-0.05, 0) is 41.5 Å². The lowest BCUT2D eigenvalue weighted by molar-refractivity contribution is 0.371. The molecule has 3 aromatic carbocycles. The van der Waals surface area contributed by atoms with Gasteiger partial charge in [-0.1, -0.05) is 53.5 Å². The van der Waals surface area contributed by atoms with Gasteiger partial charge in [0.15, 0.2) is 5.75 Å². The Balaban J connectivity index is 1.86. The van der Waals surface area contributed by atoms with Crippen molar-refractivity contribution < 1.29 is 24.2 Å². The number of hydrogen-bond acceptors (Lipinski definition) is 3. The van der Waals surface area contributed by atoms with Crippen LogP contribution in [-0.4, -0.2) is 14.9 Å². The molecule has 146 valence electrons. The first-order valence-electron chi connectivity index (χ1n) is 8.27. The van der Waals surface area contributed by atoms with Gasteiger partial charge in [-0.3, -0.25) is 4.57 Å². The first-order chi connectivity index (χ1) is 13.2. The van der Waals surface area contributed by atoms with Crippen molar-refractivity contribution >= 4 is 30.8 Å². The molecule has 0 aliphatic heterocycles. The molecule has 0 bridgehead atoms. The number of phenolic OH excluding ortho intramolecular Hbond substituents is 1. The van der Waals surface area contributed by atoms with Gasteiger partial charge in [0.05, 0.1) is 16.2 Å². The van der Waals surface area contributed by atoms with Gasteiger partial charge in [-0.25, -0.2) is 0 Å². The van der Waals surface area contributed by atoms with Crippen LogP contribution >= 0.6 is 30.8 Å². The predicted octanol–water partition coefficient (Wildman–Crippen LogP) is 5.76. The molecule has 0 radical (unpaired) electrons. The van der Waals surface area contributed by atoms with Crippen LogP contribution in [0.1, 0.15) is 16.7 Å². The molecule has 3 aromatic rings. The molecule has 0 aliphatic carbocycles. The minimum Gasteiger partial charge on any atom is -0.508 e. The second-order valence-corrected chi connectivity index (χ2v) is 8.73. The van der Waals surface area contributed by atoms with E-state index in [4.69, 9.17) is 37.7 Å². The molecule has 0 atom stereocenters. The quantitative estimate of drug-likeness (QED) is 0.425. The van der Waals surface area contributed by atoms with Crippen molar-refractivity contribution in [1.29, 1.82) is 0 Å². The van der Waals surface area contributed by atoms with Crippen molar-refractivity contribution in [3.05, 3.63) is 87.4 Å². The molecule has 0 fully saturated rings. The van der Waals surface area contributed by atoms with Crippen molar-refractivity contribution in [2.45, 2.75) is 12.6 Å². The molecule has 0 saturated carbocycles. The van der Waals surface area contributed by atoms with Crippen LogP contribution in [0.25, 0.3) is 0 Å². The van der Waals surface area contributed by atoms with E-state index >= 15 is 0 Å². The fraction of sp³-hybridized carbons (Fsp3) is 0.100. The van der Waals surface area contributed by atoms with Gasteiger partial charge >= 0.3 is 7.60 Å². The number of rotatable bonds is 6. The van der Waals surface area contributed by atoms with E-state index in [-0.39, 0.29) is 21.5 Å². The van der Waals surface area contributed by atoms with Crippen LogP contribution in [0.4, 0.5) is 0 Å². The van der Waals surface area contributed by atoms with E-state index in [1.54, 1.807) is 12.1 Å². The minimum absolute atomic E-state index is 0.133. The number of phenols is 1. The zero-order valence-corrected chi connectivity index (χ0v) is 17.0. The largest absolute Gasteiger partial charge is 0.508 e. The predicted molar refractivity (Wildman–Crippen MR) is 110 cm³/mol. The topological polar surface area (TPSA) is 87.0 Å². The molecule has 0 saturated heterocycles. The van der Waals surface area contributed by atoms with Gasteiger partial charge in [0, 0.05) is 12.0 Å². The van der Waals surface area contributed by atoms with Crippen molar-refractivity contribution in [2.75, 3.05) is 0 Å². The van der Waals surface area contributed by atoms with Crippen LogP contribution in [0.3, 0.4) is 0 Å². The maximum Gasteiger partial charge on any atom is 0.329 e. The Morgan fingerprint density at radius 2 is 1.54 bits per heavy atom. The lowest BCUT2D eigenvalue weighted by Gasteiger charge is -2.13. The third-order valence-corrected chi connectivity index (χ3v) is 5.29. The van der Waals surface area contributed by atoms with E-state index in [1.165, 1.54) is 18.2 Å². The Bertz CT molecular complexity index is 1010. The summed E-state index contributed by atoms with van der Waals surface area (Å²) in [5.74, 6) is 0.745. The smallest absolute Gasteiger partial charge is 0.329 e. The molecule has 0 aliphatic rings. The number of halogens is 2. The molecule has 0 unspecified atom stereocenters. The number of aromatic hydroxyl groups is 1. The van der Waals surface area contributed by atoms with Crippen LogP contribution in [0.15, 0.2) is 60.7 Å². The van der Waals surface area contributed by atoms with Crippen molar-refractivity contribution in [1.82, 2.24) is 0 Å². The van der Waals surface area contributed by atoms with E-state index < -0.39 is 13.8 Å². The van der Waals surface area contributed by atoms with Gasteiger partial charge in [-0.15, -0.1) is 0 Å². The molecule has 3 N–H and O–H groups in total. The zero-order chi connectivity index (χ0) is 20.3. The maximum atomic E-state index is 11.2. The molecule has 0 heterocycles. The van der Waals surface area contributed by atoms with E-state index in [0.717, 1.165) is 5.56 Å². The van der Waals surface area contributed by atoms with E-state index in [1.807, 2.05) is 30.3 Å². The molecule has 28 heavy (non-hydrogen) atoms. The fourth-order valence-electron chi connectivity index (χ4n) is 2.74. The average Bonchev–Trinajstić information content (AvgIpc) is 2.60. The molecular formula is C20H17Cl2O5P. The molecule has 5 nitrogen and oxygen atoms in total. The molecule has 0 spiro atoms. The Labute approximate surface area is 172 Å². The summed E-state index contributed by atoms with van der Waals surface area (Å²) in [6, 6.07) is 17.3. The van der Waals surface area contributed by atoms with E-state index in [0.29, 0.717) is 23.3 Å². The summed E-state index contributed by atoms with van der Waals surface area (Å²) >= 11 is 12.4. The second-order valence-electron chi connectivity index (χ2n) is 6.27. The summed E-state index contributed by atoms with van der Waals surface area (Å²) in [4.78, 5) is 18.2. The minimum atomic E-state index is -4.24. The molecule has 0 aromatic heterocycles. The summed E-state index contributed by atoms with van der Waals surface area (Å²) in [5.41, 5.74) is 2.02. The summed E-state index contributed by atoms with van der Waals surface area (Å²) in [5, 5.41) is 10.4. The zero-order valence-electron chi connectivity index (χ0n) is 14.5. The summed E-state index contributed by atoms with van der Waals surface area (Å²) in [6.45, 7) is 0. The van der Waals surface area contributed by atoms with Crippen molar-refractivity contribution in [3.63, 3.8) is 0 Å². The van der Waals surface area contributed by atoms with Crippen LogP contribution in [0, 0.1) is 0 Å². The van der Waals surface area contributed by atoms with Crippen LogP contribution in [-0.2, 0) is 17.1 Å². The molecule has 8 heteroatoms. The number of hydrogen-bond donors (Lipinski definition) is 3. The normalized spacial score (nSPS) is 11.4. The van der Waals surface area contributed by atoms with Crippen LogP contribution < -0.4 is 4.74 Å². The maximum absolute atomic E-state index is 11.2. The monoisotopic (exact) mass is 438 g/mol. The van der Waals surface area contributed by atoms with E-state index in [9.17, 15) is 9.67 Å². The molecule has 3 rings (SSSR count). The van der Waals surface area contributed by atoms with Gasteiger partial charge in [0.25, 0.3) is 0 Å². The van der Waals surface area contributed by atoms with Crippen LogP contribution in [0.5, 0.6) is 17.2 Å². The Morgan fingerprint density at radius 3 is 2.14 bits per heavy atom. The van der Waals surface area contributed by atoms with Crippen LogP contribution in [0.2, 0.25) is 10.0 Å².